The average molecular weight is 310 g/mol. The molecule has 0 bridgehead atoms. The fourth-order valence-electron chi connectivity index (χ4n) is 4.15. The Morgan fingerprint density at radius 1 is 1.05 bits per heavy atom. The summed E-state index contributed by atoms with van der Waals surface area (Å²) in [6.07, 6.45) is 8.37. The van der Waals surface area contributed by atoms with Crippen molar-refractivity contribution >= 4 is 11.8 Å². The van der Waals surface area contributed by atoms with E-state index in [0.29, 0.717) is 13.2 Å². The zero-order valence-electron chi connectivity index (χ0n) is 14.0. The van der Waals surface area contributed by atoms with Gasteiger partial charge < -0.3 is 15.4 Å². The summed E-state index contributed by atoms with van der Waals surface area (Å²) < 4.78 is 5.37. The van der Waals surface area contributed by atoms with E-state index in [-0.39, 0.29) is 29.1 Å². The van der Waals surface area contributed by atoms with Crippen molar-refractivity contribution < 1.29 is 14.3 Å². The summed E-state index contributed by atoms with van der Waals surface area (Å²) in [5.74, 6) is -0.279. The van der Waals surface area contributed by atoms with Gasteiger partial charge in [0, 0.05) is 38.0 Å². The van der Waals surface area contributed by atoms with E-state index >= 15 is 0 Å². The minimum absolute atomic E-state index is 0.00678. The van der Waals surface area contributed by atoms with Gasteiger partial charge in [-0.15, -0.1) is 0 Å². The number of hydrogen-bond acceptors (Lipinski definition) is 3. The Balaban J connectivity index is 1.93. The lowest BCUT2D eigenvalue weighted by molar-refractivity contribution is -0.136. The predicted octanol–water partition coefficient (Wildman–Crippen LogP) is 1.86. The highest BCUT2D eigenvalue weighted by atomic mass is 16.5. The predicted molar refractivity (Wildman–Crippen MR) is 85.3 cm³/mol. The number of carbonyl (C=O) groups is 2. The molecule has 0 saturated heterocycles. The van der Waals surface area contributed by atoms with Crippen molar-refractivity contribution in [2.24, 2.45) is 17.3 Å². The van der Waals surface area contributed by atoms with Crippen LogP contribution in [0.15, 0.2) is 0 Å². The van der Waals surface area contributed by atoms with Gasteiger partial charge in [0.05, 0.1) is 6.61 Å². The van der Waals surface area contributed by atoms with Crippen LogP contribution in [0.3, 0.4) is 0 Å². The first-order valence-corrected chi connectivity index (χ1v) is 8.60. The molecular formula is C17H30N2O3. The lowest BCUT2D eigenvalue weighted by Crippen LogP contribution is -2.46. The highest BCUT2D eigenvalue weighted by Crippen LogP contribution is 2.38. The van der Waals surface area contributed by atoms with Crippen molar-refractivity contribution in [3.8, 4) is 0 Å². The molecule has 0 spiro atoms. The normalized spacial score (nSPS) is 27.4. The second-order valence-electron chi connectivity index (χ2n) is 6.97. The van der Waals surface area contributed by atoms with Gasteiger partial charge in [0.15, 0.2) is 0 Å². The molecular weight excluding hydrogens is 280 g/mol. The number of carbonyl (C=O) groups excluding carboxylic acids is 2. The van der Waals surface area contributed by atoms with Crippen molar-refractivity contribution in [2.75, 3.05) is 27.3 Å². The fourth-order valence-corrected chi connectivity index (χ4v) is 4.15. The Kier molecular flexibility index (Phi) is 6.24. The molecule has 0 aromatic carbocycles. The van der Waals surface area contributed by atoms with Gasteiger partial charge in [-0.1, -0.05) is 25.7 Å². The summed E-state index contributed by atoms with van der Waals surface area (Å²) in [6.45, 7) is 1.38. The minimum atomic E-state index is -0.172. The monoisotopic (exact) mass is 310 g/mol. The molecule has 2 saturated carbocycles. The van der Waals surface area contributed by atoms with E-state index in [4.69, 9.17) is 4.74 Å². The fraction of sp³-hybridized carbons (Fsp3) is 0.882. The lowest BCUT2D eigenvalue weighted by Gasteiger charge is -2.32. The van der Waals surface area contributed by atoms with Crippen LogP contribution in [0.5, 0.6) is 0 Å². The molecule has 0 heterocycles. The molecule has 0 aromatic heterocycles. The third kappa shape index (κ3) is 4.00. The highest BCUT2D eigenvalue weighted by Gasteiger charge is 2.38. The number of nitrogens with one attached hydrogen (secondary N) is 2. The van der Waals surface area contributed by atoms with Crippen LogP contribution < -0.4 is 10.6 Å². The Bertz CT molecular complexity index is 391. The van der Waals surface area contributed by atoms with Gasteiger partial charge in [-0.2, -0.15) is 0 Å². The quantitative estimate of drug-likeness (QED) is 0.787. The number of rotatable bonds is 6. The molecule has 0 aliphatic heterocycles. The Labute approximate surface area is 133 Å². The number of hydrogen-bond donors (Lipinski definition) is 2. The van der Waals surface area contributed by atoms with Crippen molar-refractivity contribution in [1.82, 2.24) is 10.6 Å². The second kappa shape index (κ2) is 7.95. The molecule has 2 aliphatic carbocycles. The minimum Gasteiger partial charge on any atom is -0.384 e. The third-order valence-electron chi connectivity index (χ3n) is 5.44. The number of amides is 2. The number of ether oxygens (including phenoxy) is 1. The van der Waals surface area contributed by atoms with Gasteiger partial charge >= 0.3 is 0 Å². The van der Waals surface area contributed by atoms with Crippen LogP contribution >= 0.6 is 0 Å². The third-order valence-corrected chi connectivity index (χ3v) is 5.44. The molecule has 5 heteroatoms. The molecule has 2 amide bonds. The molecule has 2 fully saturated rings. The molecule has 22 heavy (non-hydrogen) atoms. The first-order valence-electron chi connectivity index (χ1n) is 8.60. The van der Waals surface area contributed by atoms with E-state index in [1.807, 2.05) is 0 Å². The smallest absolute Gasteiger partial charge is 0.223 e. The molecule has 0 aromatic rings. The molecule has 5 nitrogen and oxygen atoms in total. The van der Waals surface area contributed by atoms with Crippen LogP contribution in [0, 0.1) is 17.3 Å². The van der Waals surface area contributed by atoms with Crippen molar-refractivity contribution in [3.05, 3.63) is 0 Å². The summed E-state index contributed by atoms with van der Waals surface area (Å²) in [7, 11) is 3.38. The van der Waals surface area contributed by atoms with Gasteiger partial charge in [0.2, 0.25) is 11.8 Å². The largest absolute Gasteiger partial charge is 0.384 e. The van der Waals surface area contributed by atoms with E-state index in [9.17, 15) is 9.59 Å². The summed E-state index contributed by atoms with van der Waals surface area (Å²) in [5, 5.41) is 5.84. The topological polar surface area (TPSA) is 67.4 Å². The van der Waals surface area contributed by atoms with Gasteiger partial charge in [0.1, 0.15) is 0 Å². The zero-order chi connectivity index (χ0) is 16.0. The summed E-state index contributed by atoms with van der Waals surface area (Å²) in [5.41, 5.74) is 0.0988. The number of methoxy groups -OCH3 is 1. The van der Waals surface area contributed by atoms with E-state index in [2.05, 4.69) is 10.6 Å². The second-order valence-corrected chi connectivity index (χ2v) is 6.97. The van der Waals surface area contributed by atoms with Crippen LogP contribution in [0.4, 0.5) is 0 Å². The average Bonchev–Trinajstić information content (AvgIpc) is 3.01. The summed E-state index contributed by atoms with van der Waals surface area (Å²) in [6, 6.07) is 0. The molecule has 2 rings (SSSR count). The molecule has 0 unspecified atom stereocenters. The van der Waals surface area contributed by atoms with E-state index < -0.39 is 0 Å². The summed E-state index contributed by atoms with van der Waals surface area (Å²) >= 11 is 0. The van der Waals surface area contributed by atoms with Crippen molar-refractivity contribution in [2.45, 2.75) is 51.4 Å². The van der Waals surface area contributed by atoms with Gasteiger partial charge in [-0.05, 0) is 25.7 Å². The maximum atomic E-state index is 12.6. The maximum Gasteiger partial charge on any atom is 0.223 e. The molecule has 126 valence electrons. The Hall–Kier alpha value is -1.10. The van der Waals surface area contributed by atoms with Crippen LogP contribution in [-0.2, 0) is 14.3 Å². The molecule has 2 N–H and O–H groups in total. The lowest BCUT2D eigenvalue weighted by atomic mass is 9.77. The van der Waals surface area contributed by atoms with Crippen molar-refractivity contribution in [1.29, 1.82) is 0 Å². The summed E-state index contributed by atoms with van der Waals surface area (Å²) in [4.78, 5) is 24.6. The van der Waals surface area contributed by atoms with Gasteiger partial charge in [0.25, 0.3) is 0 Å². The Morgan fingerprint density at radius 3 is 2.18 bits per heavy atom. The van der Waals surface area contributed by atoms with Crippen LogP contribution in [0.2, 0.25) is 0 Å². The molecule has 2 atom stereocenters. The SMILES string of the molecule is CNC(=O)[C@@H]1CCCC[C@@H]1C(=O)NCC1(COC)CCCC1. The van der Waals surface area contributed by atoms with Crippen LogP contribution in [-0.4, -0.2) is 39.1 Å². The van der Waals surface area contributed by atoms with E-state index in [1.165, 1.54) is 12.8 Å². The van der Waals surface area contributed by atoms with E-state index in [0.717, 1.165) is 38.5 Å². The first kappa shape index (κ1) is 17.3. The molecule has 0 radical (unpaired) electrons. The highest BCUT2D eigenvalue weighted by molar-refractivity contribution is 5.87. The van der Waals surface area contributed by atoms with Crippen LogP contribution in [0.25, 0.3) is 0 Å². The standard InChI is InChI=1S/C17H30N2O3/c1-18-15(20)13-7-3-4-8-14(13)16(21)19-11-17(12-22-2)9-5-6-10-17/h13-14H,3-12H2,1-2H3,(H,18,20)(H,19,21)/t13-,14+/m1/s1. The first-order chi connectivity index (χ1) is 10.6. The van der Waals surface area contributed by atoms with Crippen LogP contribution in [0.1, 0.15) is 51.4 Å². The molecule has 2 aliphatic rings. The van der Waals surface area contributed by atoms with Gasteiger partial charge in [-0.25, -0.2) is 0 Å². The maximum absolute atomic E-state index is 12.6. The van der Waals surface area contributed by atoms with Gasteiger partial charge in [-0.3, -0.25) is 9.59 Å². The van der Waals surface area contributed by atoms with E-state index in [1.54, 1.807) is 14.2 Å². The van der Waals surface area contributed by atoms with Crippen molar-refractivity contribution in [3.63, 3.8) is 0 Å². The zero-order valence-corrected chi connectivity index (χ0v) is 14.0. The Morgan fingerprint density at radius 2 is 1.64 bits per heavy atom.